The van der Waals surface area contributed by atoms with Gasteiger partial charge in [-0.15, -0.1) is 0 Å². The van der Waals surface area contributed by atoms with Gasteiger partial charge < -0.3 is 10.1 Å². The zero-order valence-electron chi connectivity index (χ0n) is 9.25. The van der Waals surface area contributed by atoms with Crippen molar-refractivity contribution in [3.63, 3.8) is 0 Å². The zero-order chi connectivity index (χ0) is 13.1. The predicted molar refractivity (Wildman–Crippen MR) is 81.4 cm³/mol. The van der Waals surface area contributed by atoms with Gasteiger partial charge in [-0.1, -0.05) is 0 Å². The highest BCUT2D eigenvalue weighted by Crippen LogP contribution is 2.35. The van der Waals surface area contributed by atoms with Crippen molar-refractivity contribution in [3.8, 4) is 5.75 Å². The van der Waals surface area contributed by atoms with Crippen LogP contribution in [0.5, 0.6) is 5.75 Å². The van der Waals surface area contributed by atoms with Crippen LogP contribution in [-0.4, -0.2) is 17.1 Å². The van der Waals surface area contributed by atoms with Gasteiger partial charge in [-0.3, -0.25) is 0 Å². The lowest BCUT2D eigenvalue weighted by atomic mass is 10.3. The Morgan fingerprint density at radius 2 is 1.72 bits per heavy atom. The monoisotopic (exact) mass is 435 g/mol. The van der Waals surface area contributed by atoms with E-state index in [2.05, 4.69) is 63.1 Å². The van der Waals surface area contributed by atoms with Gasteiger partial charge in [0.25, 0.3) is 0 Å². The summed E-state index contributed by atoms with van der Waals surface area (Å²) in [5.74, 6) is 1.25. The number of anilines is 2. The average molecular weight is 438 g/mol. The molecule has 1 heterocycles. The standard InChI is InChI=1S/C11H8Br3N3O/c1-18-10-3-9(7(13)2-8(10)14)17-11-15-4-6(12)5-16-11/h2-5H,1H3,(H,15,16,17). The summed E-state index contributed by atoms with van der Waals surface area (Å²) in [5, 5.41) is 3.11. The number of aromatic nitrogens is 2. The lowest BCUT2D eigenvalue weighted by molar-refractivity contribution is 0.412. The first kappa shape index (κ1) is 13.8. The van der Waals surface area contributed by atoms with Crippen LogP contribution < -0.4 is 10.1 Å². The van der Waals surface area contributed by atoms with Crippen molar-refractivity contribution in [1.82, 2.24) is 9.97 Å². The molecule has 0 amide bonds. The van der Waals surface area contributed by atoms with E-state index in [0.717, 1.165) is 24.9 Å². The SMILES string of the molecule is COc1cc(Nc2ncc(Br)cn2)c(Br)cc1Br. The molecule has 0 unspecified atom stereocenters. The molecule has 0 radical (unpaired) electrons. The minimum Gasteiger partial charge on any atom is -0.495 e. The van der Waals surface area contributed by atoms with Gasteiger partial charge in [-0.25, -0.2) is 9.97 Å². The van der Waals surface area contributed by atoms with Gasteiger partial charge >= 0.3 is 0 Å². The van der Waals surface area contributed by atoms with E-state index in [1.165, 1.54) is 0 Å². The molecule has 0 aliphatic carbocycles. The van der Waals surface area contributed by atoms with Gasteiger partial charge in [0.15, 0.2) is 0 Å². The van der Waals surface area contributed by atoms with Crippen LogP contribution in [0.3, 0.4) is 0 Å². The van der Waals surface area contributed by atoms with Crippen LogP contribution in [0.25, 0.3) is 0 Å². The first-order valence-corrected chi connectivity index (χ1v) is 7.25. The zero-order valence-corrected chi connectivity index (χ0v) is 14.0. The molecular formula is C11H8Br3N3O. The molecule has 0 atom stereocenters. The Balaban J connectivity index is 2.31. The fourth-order valence-corrected chi connectivity index (χ4v) is 2.74. The van der Waals surface area contributed by atoms with E-state index in [1.54, 1.807) is 19.5 Å². The van der Waals surface area contributed by atoms with E-state index in [-0.39, 0.29) is 0 Å². The number of nitrogens with one attached hydrogen (secondary N) is 1. The fourth-order valence-electron chi connectivity index (χ4n) is 1.28. The van der Waals surface area contributed by atoms with Crippen LogP contribution in [0.1, 0.15) is 0 Å². The number of hydrogen-bond donors (Lipinski definition) is 1. The topological polar surface area (TPSA) is 47.0 Å². The third-order valence-electron chi connectivity index (χ3n) is 2.11. The minimum atomic E-state index is 0.517. The quantitative estimate of drug-likeness (QED) is 0.767. The van der Waals surface area contributed by atoms with E-state index in [4.69, 9.17) is 4.74 Å². The van der Waals surface area contributed by atoms with Gasteiger partial charge in [0.05, 0.1) is 21.7 Å². The highest BCUT2D eigenvalue weighted by atomic mass is 79.9. The van der Waals surface area contributed by atoms with E-state index in [9.17, 15) is 0 Å². The normalized spacial score (nSPS) is 10.2. The van der Waals surface area contributed by atoms with Crippen LogP contribution in [-0.2, 0) is 0 Å². The molecule has 0 saturated carbocycles. The van der Waals surface area contributed by atoms with Crippen molar-refractivity contribution < 1.29 is 4.74 Å². The fraction of sp³-hybridized carbons (Fsp3) is 0.0909. The van der Waals surface area contributed by atoms with Crippen molar-refractivity contribution in [3.05, 3.63) is 37.9 Å². The molecule has 0 aliphatic heterocycles. The molecule has 18 heavy (non-hydrogen) atoms. The molecule has 1 N–H and O–H groups in total. The summed E-state index contributed by atoms with van der Waals surface area (Å²) in [5.41, 5.74) is 0.831. The van der Waals surface area contributed by atoms with Crippen molar-refractivity contribution >= 4 is 59.4 Å². The molecule has 2 rings (SSSR count). The maximum absolute atomic E-state index is 5.24. The van der Waals surface area contributed by atoms with Crippen LogP contribution >= 0.6 is 47.8 Å². The maximum Gasteiger partial charge on any atom is 0.227 e. The molecule has 0 saturated heterocycles. The lowest BCUT2D eigenvalue weighted by Gasteiger charge is -2.10. The second-order valence-corrected chi connectivity index (χ2v) is 5.94. The Hall–Kier alpha value is -0.660. The van der Waals surface area contributed by atoms with Gasteiger partial charge in [0, 0.05) is 22.9 Å². The van der Waals surface area contributed by atoms with Crippen molar-refractivity contribution in [1.29, 1.82) is 0 Å². The number of nitrogens with zero attached hydrogens (tertiary/aromatic N) is 2. The summed E-state index contributed by atoms with van der Waals surface area (Å²) < 4.78 is 7.84. The molecular weight excluding hydrogens is 430 g/mol. The van der Waals surface area contributed by atoms with E-state index >= 15 is 0 Å². The molecule has 0 bridgehead atoms. The lowest BCUT2D eigenvalue weighted by Crippen LogP contribution is -1.98. The van der Waals surface area contributed by atoms with Gasteiger partial charge in [-0.2, -0.15) is 0 Å². The number of benzene rings is 1. The third-order valence-corrected chi connectivity index (χ3v) is 3.79. The van der Waals surface area contributed by atoms with Gasteiger partial charge in [0.1, 0.15) is 5.75 Å². The number of rotatable bonds is 3. The summed E-state index contributed by atoms with van der Waals surface area (Å²) >= 11 is 10.2. The Kier molecular flexibility index (Phi) is 4.58. The summed E-state index contributed by atoms with van der Waals surface area (Å²) in [7, 11) is 1.62. The molecule has 4 nitrogen and oxygen atoms in total. The van der Waals surface area contributed by atoms with Gasteiger partial charge in [0.2, 0.25) is 5.95 Å². The largest absolute Gasteiger partial charge is 0.495 e. The summed E-state index contributed by atoms with van der Waals surface area (Å²) in [4.78, 5) is 8.30. The number of hydrogen-bond acceptors (Lipinski definition) is 4. The van der Waals surface area contributed by atoms with Crippen LogP contribution in [0, 0.1) is 0 Å². The second-order valence-electron chi connectivity index (χ2n) is 3.32. The maximum atomic E-state index is 5.24. The van der Waals surface area contributed by atoms with Crippen LogP contribution in [0.2, 0.25) is 0 Å². The average Bonchev–Trinajstić information content (AvgIpc) is 2.35. The van der Waals surface area contributed by atoms with Crippen LogP contribution in [0.15, 0.2) is 37.9 Å². The Labute approximate surface area is 130 Å². The molecule has 0 aliphatic rings. The van der Waals surface area contributed by atoms with Crippen molar-refractivity contribution in [2.75, 3.05) is 12.4 Å². The smallest absolute Gasteiger partial charge is 0.227 e. The Morgan fingerprint density at radius 3 is 2.33 bits per heavy atom. The minimum absolute atomic E-state index is 0.517. The Bertz CT molecular complexity index is 560. The molecule has 0 spiro atoms. The summed E-state index contributed by atoms with van der Waals surface area (Å²) in [6.45, 7) is 0. The molecule has 2 aromatic rings. The Morgan fingerprint density at radius 1 is 1.06 bits per heavy atom. The highest BCUT2D eigenvalue weighted by molar-refractivity contribution is 9.11. The molecule has 7 heteroatoms. The highest BCUT2D eigenvalue weighted by Gasteiger charge is 2.08. The summed E-state index contributed by atoms with van der Waals surface area (Å²) in [6, 6.07) is 3.76. The van der Waals surface area contributed by atoms with E-state index < -0.39 is 0 Å². The van der Waals surface area contributed by atoms with Gasteiger partial charge in [-0.05, 0) is 53.9 Å². The first-order valence-electron chi connectivity index (χ1n) is 4.87. The van der Waals surface area contributed by atoms with Crippen molar-refractivity contribution in [2.24, 2.45) is 0 Å². The predicted octanol–water partition coefficient (Wildman–Crippen LogP) is 4.52. The van der Waals surface area contributed by atoms with E-state index in [1.807, 2.05) is 12.1 Å². The second kappa shape index (κ2) is 5.99. The molecule has 0 fully saturated rings. The molecule has 1 aromatic heterocycles. The first-order chi connectivity index (χ1) is 8.60. The number of methoxy groups -OCH3 is 1. The van der Waals surface area contributed by atoms with Crippen molar-refractivity contribution in [2.45, 2.75) is 0 Å². The third kappa shape index (κ3) is 3.21. The van der Waals surface area contributed by atoms with Crippen LogP contribution in [0.4, 0.5) is 11.6 Å². The summed E-state index contributed by atoms with van der Waals surface area (Å²) in [6.07, 6.45) is 3.36. The van der Waals surface area contributed by atoms with E-state index in [0.29, 0.717) is 5.95 Å². The number of halogens is 3. The molecule has 1 aromatic carbocycles. The number of ether oxygens (including phenoxy) is 1. The molecule has 94 valence electrons.